The zero-order chi connectivity index (χ0) is 25.8. The molecule has 3 fully saturated rings. The molecule has 0 aliphatic heterocycles. The van der Waals surface area contributed by atoms with Crippen LogP contribution in [0.3, 0.4) is 0 Å². The fourth-order valence-electron chi connectivity index (χ4n) is 5.86. The van der Waals surface area contributed by atoms with E-state index < -0.39 is 17.5 Å². The summed E-state index contributed by atoms with van der Waals surface area (Å²) in [5.74, 6) is -2.33. The molecule has 37 heavy (non-hydrogen) atoms. The molecule has 0 unspecified atom stereocenters. The van der Waals surface area contributed by atoms with Crippen LogP contribution in [0.1, 0.15) is 108 Å². The summed E-state index contributed by atoms with van der Waals surface area (Å²) in [4.78, 5) is 12.2. The summed E-state index contributed by atoms with van der Waals surface area (Å²) in [5, 5.41) is 26.0. The van der Waals surface area contributed by atoms with Crippen molar-refractivity contribution in [1.29, 1.82) is 0 Å². The Labute approximate surface area is 217 Å². The third-order valence-electron chi connectivity index (χ3n) is 8.35. The number of aromatic carboxylic acids is 1. The van der Waals surface area contributed by atoms with Gasteiger partial charge in [-0.1, -0.05) is 11.2 Å². The Morgan fingerprint density at radius 3 is 2.46 bits per heavy atom. The van der Waals surface area contributed by atoms with Gasteiger partial charge in [0, 0.05) is 39.8 Å². The zero-order valence-corrected chi connectivity index (χ0v) is 21.4. The van der Waals surface area contributed by atoms with Crippen molar-refractivity contribution >= 4 is 27.4 Å². The van der Waals surface area contributed by atoms with Gasteiger partial charge in [-0.15, -0.1) is 11.3 Å². The molecule has 9 heteroatoms. The first-order valence-electron chi connectivity index (χ1n) is 13.2. The van der Waals surface area contributed by atoms with Crippen molar-refractivity contribution in [3.63, 3.8) is 0 Å². The number of rotatable bonds is 7. The highest BCUT2D eigenvalue weighted by Gasteiger charge is 2.41. The molecule has 0 atom stereocenters. The normalized spacial score (nSPS) is 26.5. The van der Waals surface area contributed by atoms with E-state index in [1.165, 1.54) is 11.3 Å². The molecule has 0 amide bonds. The summed E-state index contributed by atoms with van der Waals surface area (Å²) >= 11 is 1.45. The summed E-state index contributed by atoms with van der Waals surface area (Å²) in [5.41, 5.74) is 1.04. The Morgan fingerprint density at radius 2 is 1.78 bits per heavy atom. The van der Waals surface area contributed by atoms with Crippen molar-refractivity contribution in [3.8, 4) is 0 Å². The van der Waals surface area contributed by atoms with Gasteiger partial charge in [0.2, 0.25) is 5.92 Å². The molecule has 6 rings (SSSR count). The molecule has 198 valence electrons. The molecule has 2 heterocycles. The van der Waals surface area contributed by atoms with Crippen LogP contribution in [0.25, 0.3) is 10.1 Å². The number of benzene rings is 1. The molecular weight excluding hydrogens is 500 g/mol. The average Bonchev–Trinajstić information content (AvgIpc) is 3.48. The SMILES string of the molecule is O=C(O)c1ccc2cc(C3(O)CCC(OCc4c(C5CCC(F)(F)CC5)noc4C4CC4)CC3)sc2c1. The average molecular weight is 532 g/mol. The molecule has 3 saturated carbocycles. The smallest absolute Gasteiger partial charge is 0.335 e. The molecule has 0 spiro atoms. The fraction of sp³-hybridized carbons (Fsp3) is 0.571. The first-order chi connectivity index (χ1) is 17.7. The molecule has 3 aliphatic rings. The number of thiophene rings is 1. The number of ether oxygens (including phenoxy) is 1. The standard InChI is InChI=1S/C28H31F2NO5S/c29-28(30)11-5-16(6-12-28)24-21(25(36-31-24)17-1-2-17)15-35-20-7-9-27(34,10-8-20)23-14-18-3-4-19(26(32)33)13-22(18)37-23/h3-4,13-14,16-17,20,34H,1-2,5-12,15H2,(H,32,33). The second kappa shape index (κ2) is 9.43. The molecule has 0 bridgehead atoms. The van der Waals surface area contributed by atoms with Gasteiger partial charge in [-0.2, -0.15) is 0 Å². The van der Waals surface area contributed by atoms with Crippen molar-refractivity contribution in [1.82, 2.24) is 5.16 Å². The number of alkyl halides is 2. The van der Waals surface area contributed by atoms with E-state index in [1.807, 2.05) is 6.07 Å². The maximum Gasteiger partial charge on any atom is 0.335 e. The number of aliphatic hydroxyl groups is 1. The van der Waals surface area contributed by atoms with Crippen LogP contribution in [0.2, 0.25) is 0 Å². The number of carboxylic acids is 1. The summed E-state index contributed by atoms with van der Waals surface area (Å²) in [6.07, 6.45) is 5.21. The molecular formula is C28H31F2NO5S. The lowest BCUT2D eigenvalue weighted by Crippen LogP contribution is -2.33. The van der Waals surface area contributed by atoms with Crippen LogP contribution in [-0.2, 0) is 16.9 Å². The van der Waals surface area contributed by atoms with Crippen LogP contribution in [-0.4, -0.2) is 33.4 Å². The topological polar surface area (TPSA) is 92.8 Å². The summed E-state index contributed by atoms with van der Waals surface area (Å²) in [7, 11) is 0. The Morgan fingerprint density at radius 1 is 1.05 bits per heavy atom. The first kappa shape index (κ1) is 24.9. The van der Waals surface area contributed by atoms with Crippen molar-refractivity contribution in [2.45, 2.75) is 100 Å². The van der Waals surface area contributed by atoms with Crippen LogP contribution in [0.4, 0.5) is 8.78 Å². The maximum absolute atomic E-state index is 13.7. The van der Waals surface area contributed by atoms with Crippen molar-refractivity contribution in [2.75, 3.05) is 0 Å². The maximum atomic E-state index is 13.7. The predicted octanol–water partition coefficient (Wildman–Crippen LogP) is 7.10. The number of carbonyl (C=O) groups is 1. The van der Waals surface area contributed by atoms with Gasteiger partial charge in [-0.25, -0.2) is 13.6 Å². The third kappa shape index (κ3) is 5.05. The Bertz CT molecular complexity index is 1300. The van der Waals surface area contributed by atoms with Gasteiger partial charge in [0.25, 0.3) is 0 Å². The van der Waals surface area contributed by atoms with Crippen molar-refractivity contribution < 1.29 is 33.0 Å². The third-order valence-corrected chi connectivity index (χ3v) is 9.64. The van der Waals surface area contributed by atoms with E-state index in [9.17, 15) is 23.8 Å². The molecule has 2 N–H and O–H groups in total. The number of fused-ring (bicyclic) bond motifs is 1. The summed E-state index contributed by atoms with van der Waals surface area (Å²) in [6, 6.07) is 7.00. The van der Waals surface area contributed by atoms with Gasteiger partial charge in [0.15, 0.2) is 0 Å². The van der Waals surface area contributed by atoms with E-state index in [1.54, 1.807) is 18.2 Å². The molecule has 0 saturated heterocycles. The van der Waals surface area contributed by atoms with Gasteiger partial charge in [0.05, 0.1) is 29.6 Å². The monoisotopic (exact) mass is 531 g/mol. The molecule has 6 nitrogen and oxygen atoms in total. The number of hydrogen-bond donors (Lipinski definition) is 2. The lowest BCUT2D eigenvalue weighted by atomic mass is 9.82. The van der Waals surface area contributed by atoms with Gasteiger partial charge >= 0.3 is 5.97 Å². The predicted molar refractivity (Wildman–Crippen MR) is 134 cm³/mol. The second-order valence-electron chi connectivity index (χ2n) is 11.0. The fourth-order valence-corrected chi connectivity index (χ4v) is 7.11. The highest BCUT2D eigenvalue weighted by molar-refractivity contribution is 7.19. The van der Waals surface area contributed by atoms with E-state index in [-0.39, 0.29) is 30.4 Å². The lowest BCUT2D eigenvalue weighted by molar-refractivity contribution is -0.0626. The molecule has 0 radical (unpaired) electrons. The van der Waals surface area contributed by atoms with Gasteiger partial charge < -0.3 is 19.5 Å². The Kier molecular flexibility index (Phi) is 6.36. The van der Waals surface area contributed by atoms with Crippen LogP contribution >= 0.6 is 11.3 Å². The molecule has 1 aromatic carbocycles. The van der Waals surface area contributed by atoms with Crippen molar-refractivity contribution in [2.24, 2.45) is 0 Å². The second-order valence-corrected chi connectivity index (χ2v) is 12.1. The number of hydrogen-bond acceptors (Lipinski definition) is 6. The summed E-state index contributed by atoms with van der Waals surface area (Å²) in [6.45, 7) is 0.363. The minimum Gasteiger partial charge on any atom is -0.478 e. The van der Waals surface area contributed by atoms with Crippen LogP contribution in [0, 0.1) is 0 Å². The summed E-state index contributed by atoms with van der Waals surface area (Å²) < 4.78 is 40.3. The van der Waals surface area contributed by atoms with E-state index in [4.69, 9.17) is 9.26 Å². The zero-order valence-electron chi connectivity index (χ0n) is 20.6. The van der Waals surface area contributed by atoms with Gasteiger partial charge in [0.1, 0.15) is 5.76 Å². The first-order valence-corrected chi connectivity index (χ1v) is 14.0. The molecule has 2 aromatic heterocycles. The van der Waals surface area contributed by atoms with Crippen molar-refractivity contribution in [3.05, 3.63) is 51.7 Å². The van der Waals surface area contributed by atoms with Crippen LogP contribution < -0.4 is 0 Å². The minimum atomic E-state index is -2.58. The Hall–Kier alpha value is -2.36. The largest absolute Gasteiger partial charge is 0.478 e. The van der Waals surface area contributed by atoms with E-state index >= 15 is 0 Å². The minimum absolute atomic E-state index is 0.0134. The molecule has 3 aliphatic carbocycles. The van der Waals surface area contributed by atoms with Gasteiger partial charge in [-0.05, 0) is 75.0 Å². The molecule has 3 aromatic rings. The van der Waals surface area contributed by atoms with E-state index in [2.05, 4.69) is 5.16 Å². The van der Waals surface area contributed by atoms with Crippen LogP contribution in [0.5, 0.6) is 0 Å². The van der Waals surface area contributed by atoms with E-state index in [0.29, 0.717) is 51.0 Å². The number of aromatic nitrogens is 1. The highest BCUT2D eigenvalue weighted by atomic mass is 32.1. The number of nitrogens with zero attached hydrogens (tertiary/aromatic N) is 1. The quantitative estimate of drug-likeness (QED) is 0.338. The van der Waals surface area contributed by atoms with Gasteiger partial charge in [-0.3, -0.25) is 0 Å². The lowest BCUT2D eigenvalue weighted by Gasteiger charge is -2.35. The van der Waals surface area contributed by atoms with E-state index in [0.717, 1.165) is 44.8 Å². The number of halogens is 2. The highest BCUT2D eigenvalue weighted by Crippen LogP contribution is 2.48. The Balaban J connectivity index is 1.11. The van der Waals surface area contributed by atoms with Crippen LogP contribution in [0.15, 0.2) is 28.8 Å². The number of carboxylic acid groups (broad SMARTS) is 1.